The molecule has 1 aliphatic heterocycles. The van der Waals surface area contributed by atoms with E-state index in [0.717, 1.165) is 41.4 Å². The number of rotatable bonds is 7. The van der Waals surface area contributed by atoms with Crippen molar-refractivity contribution < 1.29 is 9.59 Å². The highest BCUT2D eigenvalue weighted by atomic mass is 32.2. The molecule has 1 aromatic carbocycles. The number of likely N-dealkylation sites (tertiary alicyclic amines) is 1. The van der Waals surface area contributed by atoms with E-state index in [1.54, 1.807) is 34.4 Å². The van der Waals surface area contributed by atoms with E-state index < -0.39 is 0 Å². The number of nitrogens with zero attached hydrogens (tertiary/aromatic N) is 2. The first kappa shape index (κ1) is 22.0. The van der Waals surface area contributed by atoms with E-state index in [1.165, 1.54) is 4.90 Å². The molecule has 0 spiro atoms. The summed E-state index contributed by atoms with van der Waals surface area (Å²) in [5, 5.41) is 7.78. The Bertz CT molecular complexity index is 1010. The number of carbonyl (C=O) groups is 2. The van der Waals surface area contributed by atoms with Crippen LogP contribution in [0, 0.1) is 0 Å². The zero-order chi connectivity index (χ0) is 21.6. The molecule has 0 atom stereocenters. The van der Waals surface area contributed by atoms with Crippen molar-refractivity contribution in [3.05, 3.63) is 68.3 Å². The third-order valence-corrected chi connectivity index (χ3v) is 8.10. The molecule has 31 heavy (non-hydrogen) atoms. The van der Waals surface area contributed by atoms with Crippen molar-refractivity contribution in [3.8, 4) is 0 Å². The molecule has 0 unspecified atom stereocenters. The van der Waals surface area contributed by atoms with Gasteiger partial charge < -0.3 is 10.2 Å². The lowest BCUT2D eigenvalue weighted by atomic mass is 9.97. The van der Waals surface area contributed by atoms with Crippen LogP contribution in [-0.4, -0.2) is 41.0 Å². The van der Waals surface area contributed by atoms with Gasteiger partial charge in [-0.05, 0) is 48.2 Å². The van der Waals surface area contributed by atoms with E-state index >= 15 is 0 Å². The number of thiazole rings is 1. The van der Waals surface area contributed by atoms with Gasteiger partial charge in [0, 0.05) is 34.2 Å². The fourth-order valence-electron chi connectivity index (χ4n) is 3.66. The largest absolute Gasteiger partial charge is 0.346 e. The Morgan fingerprint density at radius 1 is 1.16 bits per heavy atom. The molecule has 1 aliphatic rings. The lowest BCUT2D eigenvalue weighted by Crippen LogP contribution is -2.38. The molecule has 1 saturated heterocycles. The molecular formula is C23H25N3O2S3. The summed E-state index contributed by atoms with van der Waals surface area (Å²) in [6.45, 7) is 2.02. The van der Waals surface area contributed by atoms with Crippen LogP contribution in [0.5, 0.6) is 0 Å². The number of nitrogens with one attached hydrogen (secondary N) is 1. The zero-order valence-corrected chi connectivity index (χ0v) is 19.8. The fourth-order valence-corrected chi connectivity index (χ4v) is 5.68. The molecule has 3 heterocycles. The minimum atomic E-state index is -0.129. The second-order valence-corrected chi connectivity index (χ2v) is 10.3. The van der Waals surface area contributed by atoms with Crippen LogP contribution in [0.4, 0.5) is 0 Å². The first-order chi connectivity index (χ1) is 15.1. The van der Waals surface area contributed by atoms with Crippen LogP contribution in [0.25, 0.3) is 0 Å². The summed E-state index contributed by atoms with van der Waals surface area (Å²) in [6.07, 6.45) is 4.28. The minimum Gasteiger partial charge on any atom is -0.346 e. The molecular weight excluding hydrogens is 446 g/mol. The molecule has 0 saturated carbocycles. The molecule has 0 aliphatic carbocycles. The Morgan fingerprint density at radius 2 is 1.94 bits per heavy atom. The summed E-state index contributed by atoms with van der Waals surface area (Å²) in [5.74, 6) is 0.368. The van der Waals surface area contributed by atoms with E-state index in [1.807, 2.05) is 46.2 Å². The van der Waals surface area contributed by atoms with E-state index in [-0.39, 0.29) is 11.8 Å². The van der Waals surface area contributed by atoms with Gasteiger partial charge in [0.1, 0.15) is 5.69 Å². The van der Waals surface area contributed by atoms with Crippen molar-refractivity contribution in [1.29, 1.82) is 0 Å². The predicted molar refractivity (Wildman–Crippen MR) is 128 cm³/mol. The average Bonchev–Trinajstić information content (AvgIpc) is 3.50. The van der Waals surface area contributed by atoms with Gasteiger partial charge in [-0.3, -0.25) is 9.59 Å². The second kappa shape index (κ2) is 10.4. The summed E-state index contributed by atoms with van der Waals surface area (Å²) < 4.78 is 0. The number of thiophene rings is 1. The highest BCUT2D eigenvalue weighted by molar-refractivity contribution is 7.98. The van der Waals surface area contributed by atoms with Crippen LogP contribution in [-0.2, 0) is 17.8 Å². The highest BCUT2D eigenvalue weighted by Crippen LogP contribution is 2.30. The molecule has 162 valence electrons. The highest BCUT2D eigenvalue weighted by Gasteiger charge is 2.26. The van der Waals surface area contributed by atoms with Gasteiger partial charge in [0.25, 0.3) is 5.91 Å². The van der Waals surface area contributed by atoms with E-state index in [2.05, 4.69) is 22.4 Å². The van der Waals surface area contributed by atoms with Gasteiger partial charge >= 0.3 is 0 Å². The topological polar surface area (TPSA) is 62.3 Å². The molecule has 0 bridgehead atoms. The van der Waals surface area contributed by atoms with Crippen molar-refractivity contribution in [1.82, 2.24) is 15.2 Å². The van der Waals surface area contributed by atoms with Crippen molar-refractivity contribution in [2.75, 3.05) is 19.3 Å². The summed E-state index contributed by atoms with van der Waals surface area (Å²) in [6, 6.07) is 12.2. The fraction of sp³-hybridized carbons (Fsp3) is 0.348. The van der Waals surface area contributed by atoms with Crippen LogP contribution in [0.2, 0.25) is 0 Å². The van der Waals surface area contributed by atoms with Crippen LogP contribution in [0.15, 0.2) is 52.1 Å². The smallest absolute Gasteiger partial charge is 0.271 e. The summed E-state index contributed by atoms with van der Waals surface area (Å²) in [4.78, 5) is 33.9. The molecule has 1 N–H and O–H groups in total. The van der Waals surface area contributed by atoms with Gasteiger partial charge in [-0.1, -0.05) is 18.2 Å². The molecule has 2 amide bonds. The van der Waals surface area contributed by atoms with Crippen LogP contribution >= 0.6 is 34.4 Å². The van der Waals surface area contributed by atoms with Crippen molar-refractivity contribution in [3.63, 3.8) is 0 Å². The van der Waals surface area contributed by atoms with Crippen molar-refractivity contribution in [2.24, 2.45) is 0 Å². The Kier molecular flexibility index (Phi) is 7.42. The number of benzene rings is 1. The van der Waals surface area contributed by atoms with Crippen LogP contribution < -0.4 is 5.32 Å². The average molecular weight is 472 g/mol. The molecule has 5 nitrogen and oxygen atoms in total. The number of hydrogen-bond acceptors (Lipinski definition) is 6. The number of thioether (sulfide) groups is 1. The Morgan fingerprint density at radius 3 is 2.61 bits per heavy atom. The molecule has 2 aromatic heterocycles. The summed E-state index contributed by atoms with van der Waals surface area (Å²) >= 11 is 4.88. The SMILES string of the molecule is CSc1ccc(CC(=O)N2CCC(c3nc(C(=O)NCc4cccs4)cs3)CC2)cc1. The maximum atomic E-state index is 12.7. The molecule has 8 heteroatoms. The van der Waals surface area contributed by atoms with E-state index in [9.17, 15) is 9.59 Å². The van der Waals surface area contributed by atoms with E-state index in [4.69, 9.17) is 0 Å². The standard InChI is InChI=1S/C23H25N3O2S3/c1-29-18-6-4-16(5-7-18)13-21(27)26-10-8-17(9-11-26)23-25-20(15-31-23)22(28)24-14-19-3-2-12-30-19/h2-7,12,15,17H,8-11,13-14H2,1H3,(H,24,28). The lowest BCUT2D eigenvalue weighted by molar-refractivity contribution is -0.131. The van der Waals surface area contributed by atoms with Gasteiger partial charge in [0.05, 0.1) is 18.0 Å². The van der Waals surface area contributed by atoms with Gasteiger partial charge in [0.2, 0.25) is 5.91 Å². The van der Waals surface area contributed by atoms with Crippen LogP contribution in [0.3, 0.4) is 0 Å². The second-order valence-electron chi connectivity index (χ2n) is 7.51. The number of carbonyl (C=O) groups excluding carboxylic acids is 2. The third kappa shape index (κ3) is 5.75. The maximum Gasteiger partial charge on any atom is 0.271 e. The first-order valence-electron chi connectivity index (χ1n) is 10.3. The van der Waals surface area contributed by atoms with E-state index in [0.29, 0.717) is 24.6 Å². The molecule has 4 rings (SSSR count). The Balaban J connectivity index is 1.26. The van der Waals surface area contributed by atoms with Crippen molar-refractivity contribution >= 4 is 46.2 Å². The molecule has 1 fully saturated rings. The Hall–Kier alpha value is -2.16. The number of hydrogen-bond donors (Lipinski definition) is 1. The predicted octanol–water partition coefficient (Wildman–Crippen LogP) is 4.81. The molecule has 3 aromatic rings. The number of aromatic nitrogens is 1. The Labute approximate surface area is 194 Å². The molecule has 0 radical (unpaired) electrons. The van der Waals surface area contributed by atoms with Gasteiger partial charge in [-0.15, -0.1) is 34.4 Å². The van der Waals surface area contributed by atoms with Gasteiger partial charge in [-0.25, -0.2) is 4.98 Å². The van der Waals surface area contributed by atoms with Gasteiger partial charge in [0.15, 0.2) is 0 Å². The first-order valence-corrected chi connectivity index (χ1v) is 13.3. The van der Waals surface area contributed by atoms with Gasteiger partial charge in [-0.2, -0.15) is 0 Å². The normalized spacial score (nSPS) is 14.5. The number of piperidine rings is 1. The zero-order valence-electron chi connectivity index (χ0n) is 17.4. The summed E-state index contributed by atoms with van der Waals surface area (Å²) in [5.41, 5.74) is 1.55. The maximum absolute atomic E-state index is 12.7. The lowest BCUT2D eigenvalue weighted by Gasteiger charge is -2.31. The monoisotopic (exact) mass is 471 g/mol. The quantitative estimate of drug-likeness (QED) is 0.503. The summed E-state index contributed by atoms with van der Waals surface area (Å²) in [7, 11) is 0. The third-order valence-electron chi connectivity index (χ3n) is 5.47. The van der Waals surface area contributed by atoms with Crippen molar-refractivity contribution in [2.45, 2.75) is 36.6 Å². The number of amides is 2. The minimum absolute atomic E-state index is 0.129. The van der Waals surface area contributed by atoms with Crippen LogP contribution in [0.1, 0.15) is 44.7 Å².